The summed E-state index contributed by atoms with van der Waals surface area (Å²) < 4.78 is 0. The van der Waals surface area contributed by atoms with Gasteiger partial charge in [0.15, 0.2) is 0 Å². The van der Waals surface area contributed by atoms with E-state index in [1.165, 1.54) is 0 Å². The third-order valence-electron chi connectivity index (χ3n) is 1.69. The lowest BCUT2D eigenvalue weighted by atomic mass is 10.2. The van der Waals surface area contributed by atoms with Crippen LogP contribution in [0.5, 0.6) is 0 Å². The molecule has 1 rings (SSSR count). The fourth-order valence-corrected chi connectivity index (χ4v) is 1.17. The number of hydrogen-bond acceptors (Lipinski definition) is 3. The zero-order valence-electron chi connectivity index (χ0n) is 7.55. The van der Waals surface area contributed by atoms with Crippen LogP contribution in [0.1, 0.15) is 18.9 Å². The van der Waals surface area contributed by atoms with Gasteiger partial charge in [0.2, 0.25) is 0 Å². The molecular weight excluding hydrogens is 188 g/mol. The van der Waals surface area contributed by atoms with Crippen LogP contribution < -0.4 is 5.32 Å². The van der Waals surface area contributed by atoms with Crippen molar-refractivity contribution in [3.8, 4) is 0 Å². The van der Waals surface area contributed by atoms with Crippen LogP contribution >= 0.6 is 11.6 Å². The highest BCUT2D eigenvalue weighted by molar-refractivity contribution is 6.29. The van der Waals surface area contributed by atoms with Gasteiger partial charge in [0.1, 0.15) is 5.15 Å². The van der Waals surface area contributed by atoms with Gasteiger partial charge in [-0.3, -0.25) is 0 Å². The Morgan fingerprint density at radius 3 is 3.00 bits per heavy atom. The zero-order chi connectivity index (χ0) is 9.68. The van der Waals surface area contributed by atoms with Crippen LogP contribution in [0.3, 0.4) is 0 Å². The molecule has 0 aromatic carbocycles. The SMILES string of the molecule is CCCNc1cc(Cl)ncc1CO. The van der Waals surface area contributed by atoms with Gasteiger partial charge in [-0.25, -0.2) is 4.98 Å². The summed E-state index contributed by atoms with van der Waals surface area (Å²) in [6.45, 7) is 2.93. The van der Waals surface area contributed by atoms with Crippen molar-refractivity contribution in [3.05, 3.63) is 23.0 Å². The first-order chi connectivity index (χ1) is 6.27. The van der Waals surface area contributed by atoms with Gasteiger partial charge in [0.05, 0.1) is 6.61 Å². The first-order valence-electron chi connectivity index (χ1n) is 4.27. The van der Waals surface area contributed by atoms with Gasteiger partial charge in [-0.15, -0.1) is 0 Å². The molecule has 1 aromatic heterocycles. The Bertz CT molecular complexity index is 278. The van der Waals surface area contributed by atoms with Crippen LogP contribution in [0.4, 0.5) is 5.69 Å². The molecule has 0 spiro atoms. The van der Waals surface area contributed by atoms with Crippen molar-refractivity contribution in [2.24, 2.45) is 0 Å². The average molecular weight is 201 g/mol. The standard InChI is InChI=1S/C9H13ClN2O/c1-2-3-11-8-4-9(10)12-5-7(8)6-13/h4-5,13H,2-3,6H2,1H3,(H,11,12). The molecule has 3 nitrogen and oxygen atoms in total. The molecule has 0 bridgehead atoms. The lowest BCUT2D eigenvalue weighted by molar-refractivity contribution is 0.282. The maximum atomic E-state index is 8.99. The molecule has 2 N–H and O–H groups in total. The van der Waals surface area contributed by atoms with Gasteiger partial charge in [0, 0.05) is 24.0 Å². The summed E-state index contributed by atoms with van der Waals surface area (Å²) in [5.41, 5.74) is 1.64. The highest BCUT2D eigenvalue weighted by Gasteiger charge is 2.01. The van der Waals surface area contributed by atoms with E-state index in [4.69, 9.17) is 16.7 Å². The molecule has 0 radical (unpaired) electrons. The molecule has 13 heavy (non-hydrogen) atoms. The van der Waals surface area contributed by atoms with Gasteiger partial charge in [-0.1, -0.05) is 18.5 Å². The monoisotopic (exact) mass is 200 g/mol. The third-order valence-corrected chi connectivity index (χ3v) is 1.90. The normalized spacial score (nSPS) is 10.1. The summed E-state index contributed by atoms with van der Waals surface area (Å²) in [5, 5.41) is 12.6. The van der Waals surface area contributed by atoms with E-state index in [-0.39, 0.29) is 6.61 Å². The van der Waals surface area contributed by atoms with Crippen molar-refractivity contribution in [2.75, 3.05) is 11.9 Å². The molecule has 0 saturated carbocycles. The lowest BCUT2D eigenvalue weighted by Crippen LogP contribution is -2.03. The highest BCUT2D eigenvalue weighted by atomic mass is 35.5. The molecule has 0 aliphatic rings. The van der Waals surface area contributed by atoms with Gasteiger partial charge in [0.25, 0.3) is 0 Å². The number of hydrogen-bond donors (Lipinski definition) is 2. The van der Waals surface area contributed by atoms with Crippen molar-refractivity contribution in [1.82, 2.24) is 4.98 Å². The number of aliphatic hydroxyl groups excluding tert-OH is 1. The minimum atomic E-state index is -0.0176. The van der Waals surface area contributed by atoms with Gasteiger partial charge < -0.3 is 10.4 Å². The number of halogens is 1. The predicted octanol–water partition coefficient (Wildman–Crippen LogP) is 2.05. The first-order valence-corrected chi connectivity index (χ1v) is 4.65. The molecule has 0 aliphatic heterocycles. The second-order valence-electron chi connectivity index (χ2n) is 2.75. The molecule has 1 aromatic rings. The fourth-order valence-electron chi connectivity index (χ4n) is 1.01. The minimum absolute atomic E-state index is 0.0176. The van der Waals surface area contributed by atoms with E-state index < -0.39 is 0 Å². The maximum absolute atomic E-state index is 8.99. The Hall–Kier alpha value is -0.800. The molecule has 4 heteroatoms. The van der Waals surface area contributed by atoms with Gasteiger partial charge in [-0.2, -0.15) is 0 Å². The van der Waals surface area contributed by atoms with Gasteiger partial charge >= 0.3 is 0 Å². The second kappa shape index (κ2) is 5.04. The first kappa shape index (κ1) is 10.3. The quantitative estimate of drug-likeness (QED) is 0.732. The Labute approximate surface area is 82.8 Å². The maximum Gasteiger partial charge on any atom is 0.131 e. The lowest BCUT2D eigenvalue weighted by Gasteiger charge is -2.08. The van der Waals surface area contributed by atoms with Crippen LogP contribution in [-0.4, -0.2) is 16.6 Å². The summed E-state index contributed by atoms with van der Waals surface area (Å²) in [6.07, 6.45) is 2.62. The number of rotatable bonds is 4. The molecule has 1 heterocycles. The van der Waals surface area contributed by atoms with Crippen LogP contribution in [0.15, 0.2) is 12.3 Å². The van der Waals surface area contributed by atoms with Crippen molar-refractivity contribution in [3.63, 3.8) is 0 Å². The molecule has 0 amide bonds. The third kappa shape index (κ3) is 2.86. The summed E-state index contributed by atoms with van der Waals surface area (Å²) in [7, 11) is 0. The summed E-state index contributed by atoms with van der Waals surface area (Å²) in [4.78, 5) is 3.88. The smallest absolute Gasteiger partial charge is 0.131 e. The van der Waals surface area contributed by atoms with E-state index in [9.17, 15) is 0 Å². The highest BCUT2D eigenvalue weighted by Crippen LogP contribution is 2.18. The van der Waals surface area contributed by atoms with E-state index in [0.717, 1.165) is 24.2 Å². The topological polar surface area (TPSA) is 45.2 Å². The number of pyridine rings is 1. The molecule has 0 atom stereocenters. The zero-order valence-corrected chi connectivity index (χ0v) is 8.30. The number of aliphatic hydroxyl groups is 1. The predicted molar refractivity (Wildman–Crippen MR) is 54.0 cm³/mol. The van der Waals surface area contributed by atoms with Crippen molar-refractivity contribution >= 4 is 17.3 Å². The van der Waals surface area contributed by atoms with E-state index >= 15 is 0 Å². The molecule has 0 saturated heterocycles. The van der Waals surface area contributed by atoms with Crippen LogP contribution in [0.25, 0.3) is 0 Å². The Morgan fingerprint density at radius 1 is 1.62 bits per heavy atom. The molecular formula is C9H13ClN2O. The largest absolute Gasteiger partial charge is 0.392 e. The second-order valence-corrected chi connectivity index (χ2v) is 3.14. The fraction of sp³-hybridized carbons (Fsp3) is 0.444. The average Bonchev–Trinajstić information content (AvgIpc) is 2.15. The van der Waals surface area contributed by atoms with E-state index in [2.05, 4.69) is 17.2 Å². The molecule has 0 fully saturated rings. The summed E-state index contributed by atoms with van der Waals surface area (Å²) in [5.74, 6) is 0. The molecule has 72 valence electrons. The Balaban J connectivity index is 2.81. The Morgan fingerprint density at radius 2 is 2.38 bits per heavy atom. The van der Waals surface area contributed by atoms with Crippen molar-refractivity contribution < 1.29 is 5.11 Å². The number of anilines is 1. The van der Waals surface area contributed by atoms with E-state index in [1.807, 2.05) is 0 Å². The molecule has 0 unspecified atom stereocenters. The van der Waals surface area contributed by atoms with E-state index in [1.54, 1.807) is 12.3 Å². The molecule has 0 aliphatic carbocycles. The summed E-state index contributed by atoms with van der Waals surface area (Å²) in [6, 6.07) is 1.72. The number of nitrogens with zero attached hydrogens (tertiary/aromatic N) is 1. The van der Waals surface area contributed by atoms with Crippen molar-refractivity contribution in [1.29, 1.82) is 0 Å². The Kier molecular flexibility index (Phi) is 3.99. The van der Waals surface area contributed by atoms with Crippen molar-refractivity contribution in [2.45, 2.75) is 20.0 Å². The summed E-state index contributed by atoms with van der Waals surface area (Å²) >= 11 is 5.72. The van der Waals surface area contributed by atoms with Gasteiger partial charge in [-0.05, 0) is 12.5 Å². The van der Waals surface area contributed by atoms with Crippen LogP contribution in [0, 0.1) is 0 Å². The minimum Gasteiger partial charge on any atom is -0.392 e. The number of nitrogens with one attached hydrogen (secondary N) is 1. The van der Waals surface area contributed by atoms with Crippen LogP contribution in [-0.2, 0) is 6.61 Å². The number of aromatic nitrogens is 1. The van der Waals surface area contributed by atoms with Crippen LogP contribution in [0.2, 0.25) is 5.15 Å². The van der Waals surface area contributed by atoms with E-state index in [0.29, 0.717) is 5.15 Å².